The number of pyridine rings is 1. The van der Waals surface area contributed by atoms with Gasteiger partial charge in [-0.2, -0.15) is 0 Å². The molecule has 0 saturated heterocycles. The lowest BCUT2D eigenvalue weighted by Gasteiger charge is -2.47. The lowest BCUT2D eigenvalue weighted by molar-refractivity contribution is 0.280. The molecule has 11 aromatic rings. The zero-order valence-corrected chi connectivity index (χ0v) is 33.4. The molecule has 6 nitrogen and oxygen atoms in total. The van der Waals surface area contributed by atoms with Gasteiger partial charge in [-0.15, -0.1) is 0 Å². The van der Waals surface area contributed by atoms with Gasteiger partial charge in [-0.25, -0.2) is 9.97 Å². The van der Waals surface area contributed by atoms with Gasteiger partial charge in [0.1, 0.15) is 34.3 Å². The molecule has 0 aliphatic carbocycles. The smallest absolute Gasteiger partial charge is 0.146 e. The van der Waals surface area contributed by atoms with Crippen LogP contribution in [0.15, 0.2) is 130 Å². The van der Waals surface area contributed by atoms with Gasteiger partial charge in [0.2, 0.25) is 0 Å². The van der Waals surface area contributed by atoms with E-state index in [1.807, 2.05) is 6.33 Å². The predicted molar refractivity (Wildman–Crippen MR) is 236 cm³/mol. The van der Waals surface area contributed by atoms with Crippen molar-refractivity contribution in [3.8, 4) is 28.2 Å². The van der Waals surface area contributed by atoms with Crippen LogP contribution in [-0.2, 0) is 22.7 Å². The minimum atomic E-state index is -0.227. The van der Waals surface area contributed by atoms with Crippen LogP contribution in [0, 0.1) is 0 Å². The van der Waals surface area contributed by atoms with Crippen molar-refractivity contribution < 1.29 is 8.83 Å². The minimum Gasteiger partial charge on any atom is -0.456 e. The summed E-state index contributed by atoms with van der Waals surface area (Å²) in [7, 11) is 0. The molecule has 13 rings (SSSR count). The molecule has 0 spiro atoms. The molecule has 6 aromatic carbocycles. The second-order valence-electron chi connectivity index (χ2n) is 18.4. The summed E-state index contributed by atoms with van der Waals surface area (Å²) in [5.74, 6) is 0. The van der Waals surface area contributed by atoms with Crippen molar-refractivity contribution >= 4 is 71.2 Å². The molecule has 0 amide bonds. The monoisotopic (exact) mass is 752 g/mol. The quantitative estimate of drug-likeness (QED) is 0.165. The number of aromatic nitrogens is 4. The molecule has 0 unspecified atom stereocenters. The molecular weight excluding hydrogens is 713 g/mol. The number of imidazole rings is 2. The molecule has 7 heterocycles. The Morgan fingerprint density at radius 3 is 1.91 bits per heavy atom. The molecule has 0 saturated carbocycles. The first-order valence-electron chi connectivity index (χ1n) is 20.4. The molecule has 0 fully saturated rings. The van der Waals surface area contributed by atoms with Gasteiger partial charge < -0.3 is 13.4 Å². The van der Waals surface area contributed by atoms with Gasteiger partial charge >= 0.3 is 0 Å². The Labute approximate surface area is 334 Å². The standard InChI is InChI=1S/C52H40N4O2/c1-50(2)26-30-18-13-19-31-32-24-40-34(22-33(32)49-54-45(29-16-11-8-12-17-29)47(50)56(49)46(30)31)42-38(57-40)20-21-39-43(42)35-23-37-36(25-41(35)58-39)51(3,4)52(5,6)48-44(53-27-55(37)48)28-14-9-7-10-15-28/h7-25,27H,26H2,1-6H3. The summed E-state index contributed by atoms with van der Waals surface area (Å²) in [6, 6.07) is 41.4. The van der Waals surface area contributed by atoms with Crippen LogP contribution in [0.1, 0.15) is 64.1 Å². The van der Waals surface area contributed by atoms with Gasteiger partial charge in [0.25, 0.3) is 0 Å². The summed E-state index contributed by atoms with van der Waals surface area (Å²) >= 11 is 0. The summed E-state index contributed by atoms with van der Waals surface area (Å²) in [6.45, 7) is 14.1. The highest BCUT2D eigenvalue weighted by Gasteiger charge is 2.49. The number of rotatable bonds is 2. The molecule has 0 atom stereocenters. The number of furan rings is 2. The van der Waals surface area contributed by atoms with Crippen LogP contribution < -0.4 is 0 Å². The molecule has 6 heteroatoms. The fourth-order valence-electron chi connectivity index (χ4n) is 10.9. The summed E-state index contributed by atoms with van der Waals surface area (Å²) in [6.07, 6.45) is 2.96. The number of benzene rings is 6. The normalized spacial score (nSPS) is 16.4. The zero-order chi connectivity index (χ0) is 39.0. The van der Waals surface area contributed by atoms with Crippen molar-refractivity contribution in [2.75, 3.05) is 0 Å². The zero-order valence-electron chi connectivity index (χ0n) is 33.4. The predicted octanol–water partition coefficient (Wildman–Crippen LogP) is 13.4. The van der Waals surface area contributed by atoms with Gasteiger partial charge in [0.15, 0.2) is 0 Å². The van der Waals surface area contributed by atoms with E-state index >= 15 is 0 Å². The van der Waals surface area contributed by atoms with Crippen molar-refractivity contribution in [1.29, 1.82) is 0 Å². The maximum Gasteiger partial charge on any atom is 0.146 e. The summed E-state index contributed by atoms with van der Waals surface area (Å²) in [5.41, 5.74) is 15.7. The van der Waals surface area contributed by atoms with E-state index in [0.717, 1.165) is 94.9 Å². The van der Waals surface area contributed by atoms with E-state index in [2.05, 4.69) is 166 Å². The average Bonchev–Trinajstić information content (AvgIpc) is 4.01. The Balaban J connectivity index is 1.14. The highest BCUT2D eigenvalue weighted by Crippen LogP contribution is 2.54. The van der Waals surface area contributed by atoms with E-state index in [1.54, 1.807) is 0 Å². The Bertz CT molecular complexity index is 3610. The van der Waals surface area contributed by atoms with Crippen molar-refractivity contribution in [1.82, 2.24) is 18.9 Å². The third-order valence-corrected chi connectivity index (χ3v) is 14.3. The van der Waals surface area contributed by atoms with Crippen molar-refractivity contribution in [3.05, 3.63) is 144 Å². The van der Waals surface area contributed by atoms with Crippen molar-refractivity contribution in [3.63, 3.8) is 0 Å². The third kappa shape index (κ3) is 3.84. The maximum atomic E-state index is 6.82. The number of para-hydroxylation sites is 1. The maximum absolute atomic E-state index is 6.82. The molecule has 58 heavy (non-hydrogen) atoms. The van der Waals surface area contributed by atoms with Crippen molar-refractivity contribution in [2.45, 2.75) is 64.2 Å². The lowest BCUT2D eigenvalue weighted by Crippen LogP contribution is -2.45. The molecule has 0 bridgehead atoms. The fourth-order valence-corrected chi connectivity index (χ4v) is 10.9. The van der Waals surface area contributed by atoms with E-state index in [1.165, 1.54) is 33.4 Å². The molecule has 0 N–H and O–H groups in total. The number of nitrogens with zero attached hydrogens (tertiary/aromatic N) is 4. The minimum absolute atomic E-state index is 0.117. The molecule has 2 aliphatic heterocycles. The van der Waals surface area contributed by atoms with Crippen LogP contribution in [-0.4, -0.2) is 18.9 Å². The number of fused-ring (bicyclic) bond motifs is 13. The first-order chi connectivity index (χ1) is 28.0. The number of hydrogen-bond donors (Lipinski definition) is 0. The van der Waals surface area contributed by atoms with Gasteiger partial charge in [-0.1, -0.05) is 120 Å². The van der Waals surface area contributed by atoms with Crippen LogP contribution in [0.5, 0.6) is 0 Å². The van der Waals surface area contributed by atoms with Gasteiger partial charge in [0, 0.05) is 59.7 Å². The Kier molecular flexibility index (Phi) is 5.84. The molecule has 0 radical (unpaired) electrons. The van der Waals surface area contributed by atoms with E-state index in [9.17, 15) is 0 Å². The van der Waals surface area contributed by atoms with Crippen LogP contribution in [0.4, 0.5) is 0 Å². The Morgan fingerprint density at radius 2 is 1.21 bits per heavy atom. The topological polar surface area (TPSA) is 61.4 Å². The summed E-state index contributed by atoms with van der Waals surface area (Å²) < 4.78 is 18.4. The highest BCUT2D eigenvalue weighted by atomic mass is 16.3. The average molecular weight is 753 g/mol. The molecule has 280 valence electrons. The van der Waals surface area contributed by atoms with Crippen LogP contribution in [0.25, 0.3) is 99.4 Å². The van der Waals surface area contributed by atoms with E-state index in [0.29, 0.717) is 0 Å². The summed E-state index contributed by atoms with van der Waals surface area (Å²) in [4.78, 5) is 10.6. The van der Waals surface area contributed by atoms with Gasteiger partial charge in [0.05, 0.1) is 34.0 Å². The van der Waals surface area contributed by atoms with E-state index in [-0.39, 0.29) is 16.2 Å². The van der Waals surface area contributed by atoms with Crippen molar-refractivity contribution in [2.24, 2.45) is 0 Å². The second kappa shape index (κ2) is 10.4. The second-order valence-corrected chi connectivity index (χ2v) is 18.4. The SMILES string of the molecule is CC1(C)Cc2cccc3c4cc5oc6ccc7oc8cc9c(cc8c7c6c5cc4c4nc(-c5ccccc5)c1n4c23)-n1cnc(-c2ccccc2)c1C(C)(C)C9(C)C. The van der Waals surface area contributed by atoms with Gasteiger partial charge in [-0.3, -0.25) is 4.40 Å². The highest BCUT2D eigenvalue weighted by molar-refractivity contribution is 6.28. The summed E-state index contributed by atoms with van der Waals surface area (Å²) in [5, 5.41) is 7.74. The largest absolute Gasteiger partial charge is 0.456 e. The molecule has 5 aromatic heterocycles. The Morgan fingerprint density at radius 1 is 0.552 bits per heavy atom. The first-order valence-corrected chi connectivity index (χ1v) is 20.4. The van der Waals surface area contributed by atoms with Gasteiger partial charge in [-0.05, 0) is 59.3 Å². The van der Waals surface area contributed by atoms with E-state index in [4.69, 9.17) is 18.8 Å². The Hall–Kier alpha value is -6.66. The fraction of sp³-hybridized carbons (Fsp3) is 0.192. The third-order valence-electron chi connectivity index (χ3n) is 14.3. The first kappa shape index (κ1) is 32.4. The van der Waals surface area contributed by atoms with E-state index < -0.39 is 0 Å². The lowest BCUT2D eigenvalue weighted by atomic mass is 9.59. The van der Waals surface area contributed by atoms with Crippen LogP contribution in [0.3, 0.4) is 0 Å². The molecular formula is C52H40N4O2. The molecule has 2 aliphatic rings. The van der Waals surface area contributed by atoms with Crippen LogP contribution in [0.2, 0.25) is 0 Å². The number of hydrogen-bond acceptors (Lipinski definition) is 4. The van der Waals surface area contributed by atoms with Crippen LogP contribution >= 0.6 is 0 Å².